The molecule has 3 rings (SSSR count). The molecule has 3 aromatic rings. The summed E-state index contributed by atoms with van der Waals surface area (Å²) in [7, 11) is -4.16. The van der Waals surface area contributed by atoms with Gasteiger partial charge in [-0.2, -0.15) is 0 Å². The molecule has 1 heterocycles. The summed E-state index contributed by atoms with van der Waals surface area (Å²) in [4.78, 5) is 11.6. The Morgan fingerprint density at radius 1 is 1.20 bits per heavy atom. The lowest BCUT2D eigenvalue weighted by Crippen LogP contribution is -2.15. The Kier molecular flexibility index (Phi) is 4.11. The van der Waals surface area contributed by atoms with Gasteiger partial charge in [-0.1, -0.05) is 0 Å². The van der Waals surface area contributed by atoms with Crippen molar-refractivity contribution in [3.8, 4) is 0 Å². The molecule has 2 aromatic carbocycles. The average molecular weight is 368 g/mol. The maximum absolute atomic E-state index is 13.7. The maximum Gasteiger partial charge on any atom is 0.419 e. The van der Waals surface area contributed by atoms with Gasteiger partial charge >= 0.3 is 5.76 Å². The number of oxazole rings is 1. The molecule has 1 aromatic heterocycles. The summed E-state index contributed by atoms with van der Waals surface area (Å²) in [5.74, 6) is -2.45. The number of fused-ring (bicyclic) bond motifs is 1. The van der Waals surface area contributed by atoms with Crippen LogP contribution in [-0.2, 0) is 16.6 Å². The molecule has 0 fully saturated rings. The van der Waals surface area contributed by atoms with Crippen LogP contribution in [0.3, 0.4) is 0 Å². The molecule has 0 bridgehead atoms. The molecule has 0 saturated heterocycles. The molecule has 1 N–H and O–H groups in total. The Hall–Kier alpha value is -2.68. The highest BCUT2D eigenvalue weighted by atomic mass is 32.2. The van der Waals surface area contributed by atoms with E-state index in [2.05, 4.69) is 4.72 Å². The van der Waals surface area contributed by atoms with Gasteiger partial charge in [-0.05, 0) is 37.6 Å². The Morgan fingerprint density at radius 3 is 2.56 bits per heavy atom. The van der Waals surface area contributed by atoms with E-state index >= 15 is 0 Å². The molecule has 0 unspecified atom stereocenters. The van der Waals surface area contributed by atoms with E-state index in [0.717, 1.165) is 12.1 Å². The van der Waals surface area contributed by atoms with Gasteiger partial charge < -0.3 is 4.42 Å². The van der Waals surface area contributed by atoms with Gasteiger partial charge in [0.15, 0.2) is 5.58 Å². The molecule has 25 heavy (non-hydrogen) atoms. The summed E-state index contributed by atoms with van der Waals surface area (Å²) >= 11 is 0. The normalized spacial score (nSPS) is 11.8. The summed E-state index contributed by atoms with van der Waals surface area (Å²) < 4.78 is 60.3. The third kappa shape index (κ3) is 3.02. The molecule has 132 valence electrons. The molecule has 0 spiro atoms. The Morgan fingerprint density at radius 2 is 1.92 bits per heavy atom. The van der Waals surface area contributed by atoms with Crippen LogP contribution in [0.4, 0.5) is 14.5 Å². The summed E-state index contributed by atoms with van der Waals surface area (Å²) in [5, 5.41) is 0. The summed E-state index contributed by atoms with van der Waals surface area (Å²) in [5.41, 5.74) is 0.549. The molecule has 0 amide bonds. The third-order valence-electron chi connectivity index (χ3n) is 3.75. The number of nitrogens with one attached hydrogen (secondary N) is 1. The van der Waals surface area contributed by atoms with Crippen LogP contribution in [0.15, 0.2) is 44.4 Å². The molecule has 0 aliphatic heterocycles. The number of benzene rings is 2. The zero-order valence-electron chi connectivity index (χ0n) is 13.3. The minimum atomic E-state index is -4.16. The van der Waals surface area contributed by atoms with Gasteiger partial charge in [0, 0.05) is 18.7 Å². The van der Waals surface area contributed by atoms with Gasteiger partial charge in [0.05, 0.1) is 16.1 Å². The summed E-state index contributed by atoms with van der Waals surface area (Å²) in [6, 6.07) is 5.23. The van der Waals surface area contributed by atoms with Crippen LogP contribution in [0.5, 0.6) is 0 Å². The number of aryl methyl sites for hydroxylation is 2. The number of halogens is 2. The zero-order valence-corrected chi connectivity index (χ0v) is 14.2. The smallest absolute Gasteiger partial charge is 0.408 e. The lowest BCUT2D eigenvalue weighted by Gasteiger charge is -2.11. The standard InChI is InChI=1S/C16H14F2N2O4S/c1-3-20-13-6-9(2)15(8-14(13)24-16(20)21)25(22,23)19-12-5-4-10(17)7-11(12)18/h4-8,19H,3H2,1-2H3. The van der Waals surface area contributed by atoms with Gasteiger partial charge in [0.2, 0.25) is 0 Å². The van der Waals surface area contributed by atoms with Gasteiger partial charge in [0.25, 0.3) is 10.0 Å². The van der Waals surface area contributed by atoms with Crippen molar-refractivity contribution in [2.75, 3.05) is 4.72 Å². The number of nitrogens with zero attached hydrogens (tertiary/aromatic N) is 1. The number of anilines is 1. The minimum Gasteiger partial charge on any atom is -0.408 e. The largest absolute Gasteiger partial charge is 0.419 e. The van der Waals surface area contributed by atoms with Crippen molar-refractivity contribution in [3.05, 3.63) is 58.1 Å². The van der Waals surface area contributed by atoms with E-state index in [1.54, 1.807) is 13.8 Å². The number of rotatable bonds is 4. The average Bonchev–Trinajstić information content (AvgIpc) is 2.83. The van der Waals surface area contributed by atoms with Crippen molar-refractivity contribution in [1.29, 1.82) is 0 Å². The number of aromatic nitrogens is 1. The van der Waals surface area contributed by atoms with E-state index in [4.69, 9.17) is 4.42 Å². The second kappa shape index (κ2) is 5.99. The maximum atomic E-state index is 13.7. The van der Waals surface area contributed by atoms with Crippen LogP contribution in [0, 0.1) is 18.6 Å². The molecule has 0 saturated carbocycles. The van der Waals surface area contributed by atoms with Crippen molar-refractivity contribution in [1.82, 2.24) is 4.57 Å². The predicted octanol–water partition coefficient (Wildman–Crippen LogP) is 3.00. The number of sulfonamides is 1. The van der Waals surface area contributed by atoms with Gasteiger partial charge in [-0.3, -0.25) is 9.29 Å². The van der Waals surface area contributed by atoms with E-state index in [9.17, 15) is 22.0 Å². The Bertz CT molecular complexity index is 1130. The van der Waals surface area contributed by atoms with Crippen LogP contribution in [0.25, 0.3) is 11.1 Å². The topological polar surface area (TPSA) is 81.3 Å². The van der Waals surface area contributed by atoms with Crippen LogP contribution >= 0.6 is 0 Å². The van der Waals surface area contributed by atoms with Crippen LogP contribution in [-0.4, -0.2) is 13.0 Å². The van der Waals surface area contributed by atoms with Crippen molar-refractivity contribution >= 4 is 26.8 Å². The van der Waals surface area contributed by atoms with E-state index in [1.165, 1.54) is 16.7 Å². The monoisotopic (exact) mass is 368 g/mol. The van der Waals surface area contributed by atoms with E-state index in [0.29, 0.717) is 23.7 Å². The highest BCUT2D eigenvalue weighted by Crippen LogP contribution is 2.26. The fraction of sp³-hybridized carbons (Fsp3) is 0.188. The molecule has 0 aliphatic rings. The van der Waals surface area contributed by atoms with Gasteiger partial charge in [-0.25, -0.2) is 22.0 Å². The second-order valence-electron chi connectivity index (χ2n) is 5.43. The van der Waals surface area contributed by atoms with E-state index < -0.39 is 27.4 Å². The van der Waals surface area contributed by atoms with Crippen LogP contribution < -0.4 is 10.5 Å². The first-order chi connectivity index (χ1) is 11.7. The SMILES string of the molecule is CCn1c(=O)oc2cc(S(=O)(=O)Nc3ccc(F)cc3F)c(C)cc21. The minimum absolute atomic E-state index is 0.109. The Labute approximate surface area is 141 Å². The van der Waals surface area contributed by atoms with Crippen molar-refractivity contribution in [2.45, 2.75) is 25.3 Å². The molecule has 6 nitrogen and oxygen atoms in total. The Balaban J connectivity index is 2.11. The predicted molar refractivity (Wildman–Crippen MR) is 88.1 cm³/mol. The van der Waals surface area contributed by atoms with Crippen molar-refractivity contribution in [3.63, 3.8) is 0 Å². The third-order valence-corrected chi connectivity index (χ3v) is 5.25. The molecular formula is C16H14F2N2O4S. The lowest BCUT2D eigenvalue weighted by atomic mass is 10.2. The van der Waals surface area contributed by atoms with Gasteiger partial charge in [-0.15, -0.1) is 0 Å². The molecule has 0 atom stereocenters. The highest BCUT2D eigenvalue weighted by molar-refractivity contribution is 7.92. The first-order valence-corrected chi connectivity index (χ1v) is 8.83. The molecule has 0 radical (unpaired) electrons. The quantitative estimate of drug-likeness (QED) is 0.768. The zero-order chi connectivity index (χ0) is 18.4. The highest BCUT2D eigenvalue weighted by Gasteiger charge is 2.22. The second-order valence-corrected chi connectivity index (χ2v) is 7.08. The molecule has 0 aliphatic carbocycles. The number of hydrogen-bond donors (Lipinski definition) is 1. The molecular weight excluding hydrogens is 354 g/mol. The fourth-order valence-corrected chi connectivity index (χ4v) is 3.87. The van der Waals surface area contributed by atoms with Crippen molar-refractivity contribution in [2.24, 2.45) is 0 Å². The number of hydrogen-bond acceptors (Lipinski definition) is 4. The van der Waals surface area contributed by atoms with Crippen LogP contribution in [0.2, 0.25) is 0 Å². The van der Waals surface area contributed by atoms with Crippen LogP contribution in [0.1, 0.15) is 12.5 Å². The van der Waals surface area contributed by atoms with E-state index in [1.807, 2.05) is 0 Å². The first-order valence-electron chi connectivity index (χ1n) is 7.35. The molecule has 9 heteroatoms. The summed E-state index contributed by atoms with van der Waals surface area (Å²) in [6.45, 7) is 3.68. The van der Waals surface area contributed by atoms with Crippen molar-refractivity contribution < 1.29 is 21.6 Å². The van der Waals surface area contributed by atoms with Gasteiger partial charge in [0.1, 0.15) is 11.6 Å². The fourth-order valence-electron chi connectivity index (χ4n) is 2.56. The van der Waals surface area contributed by atoms with E-state index in [-0.39, 0.29) is 16.2 Å². The summed E-state index contributed by atoms with van der Waals surface area (Å²) in [6.07, 6.45) is 0. The first kappa shape index (κ1) is 17.2. The lowest BCUT2D eigenvalue weighted by molar-refractivity contribution is 0.512.